The van der Waals surface area contributed by atoms with E-state index in [4.69, 9.17) is 11.6 Å². The molecule has 1 fully saturated rings. The van der Waals surface area contributed by atoms with Crippen LogP contribution in [0.5, 0.6) is 0 Å². The van der Waals surface area contributed by atoms with E-state index in [1.165, 1.54) is 48.8 Å². The van der Waals surface area contributed by atoms with Gasteiger partial charge in [0.25, 0.3) is 0 Å². The molecule has 1 aromatic carbocycles. The van der Waals surface area contributed by atoms with Gasteiger partial charge in [0.05, 0.1) is 0 Å². The van der Waals surface area contributed by atoms with Gasteiger partial charge in [-0.2, -0.15) is 0 Å². The Morgan fingerprint density at radius 3 is 2.53 bits per heavy atom. The first-order valence-electron chi connectivity index (χ1n) is 7.35. The van der Waals surface area contributed by atoms with E-state index >= 15 is 0 Å². The molecule has 2 aliphatic carbocycles. The third-order valence-electron chi connectivity index (χ3n) is 4.65. The summed E-state index contributed by atoms with van der Waals surface area (Å²) >= 11 is 6.73. The molecule has 0 aromatic heterocycles. The number of hydrogen-bond donors (Lipinski definition) is 0. The third-order valence-corrected chi connectivity index (χ3v) is 5.10. The van der Waals surface area contributed by atoms with Crippen LogP contribution in [0.1, 0.15) is 49.7 Å². The first kappa shape index (κ1) is 13.0. The van der Waals surface area contributed by atoms with Crippen molar-refractivity contribution in [3.05, 3.63) is 53.1 Å². The van der Waals surface area contributed by atoms with Gasteiger partial charge in [-0.1, -0.05) is 53.6 Å². The largest absolute Gasteiger partial charge is 0.0877 e. The quantitative estimate of drug-likeness (QED) is 0.562. The summed E-state index contributed by atoms with van der Waals surface area (Å²) in [5, 5.41) is 1.00. The highest BCUT2D eigenvalue weighted by molar-refractivity contribution is 6.49. The number of hydrogen-bond acceptors (Lipinski definition) is 0. The fourth-order valence-corrected chi connectivity index (χ4v) is 3.98. The van der Waals surface area contributed by atoms with E-state index in [2.05, 4.69) is 43.3 Å². The molecule has 1 atom stereocenters. The Balaban J connectivity index is 2.02. The molecule has 0 N–H and O–H groups in total. The predicted molar refractivity (Wildman–Crippen MR) is 83.2 cm³/mol. The highest BCUT2D eigenvalue weighted by Crippen LogP contribution is 2.52. The van der Waals surface area contributed by atoms with Crippen LogP contribution < -0.4 is 0 Å². The predicted octanol–water partition coefficient (Wildman–Crippen LogP) is 5.86. The molecule has 1 saturated carbocycles. The van der Waals surface area contributed by atoms with Crippen LogP contribution in [-0.4, -0.2) is 0 Å². The summed E-state index contributed by atoms with van der Waals surface area (Å²) < 4.78 is 0. The zero-order chi connectivity index (χ0) is 13.3. The third kappa shape index (κ3) is 2.39. The number of benzene rings is 1. The molecule has 0 unspecified atom stereocenters. The number of allylic oxidation sites excluding steroid dienone is 3. The van der Waals surface area contributed by atoms with Gasteiger partial charge in [0.15, 0.2) is 0 Å². The number of halogens is 1. The van der Waals surface area contributed by atoms with Crippen molar-refractivity contribution in [2.24, 2.45) is 5.41 Å². The Bertz CT molecular complexity index is 521. The highest BCUT2D eigenvalue weighted by Gasteiger charge is 2.38. The Labute approximate surface area is 121 Å². The first-order chi connectivity index (χ1) is 9.21. The van der Waals surface area contributed by atoms with Crippen molar-refractivity contribution in [2.45, 2.75) is 45.4 Å². The maximum atomic E-state index is 6.73. The molecule has 0 radical (unpaired) electrons. The van der Waals surface area contributed by atoms with E-state index in [0.717, 1.165) is 11.5 Å². The summed E-state index contributed by atoms with van der Waals surface area (Å²) in [5.41, 5.74) is 4.23. The van der Waals surface area contributed by atoms with E-state index in [-0.39, 0.29) is 5.41 Å². The fraction of sp³-hybridized carbons (Fsp3) is 0.444. The van der Waals surface area contributed by atoms with Crippen molar-refractivity contribution in [1.82, 2.24) is 0 Å². The van der Waals surface area contributed by atoms with E-state index in [9.17, 15) is 0 Å². The molecule has 0 amide bonds. The second-order valence-corrected chi connectivity index (χ2v) is 6.34. The zero-order valence-corrected chi connectivity index (χ0v) is 12.3. The van der Waals surface area contributed by atoms with E-state index < -0.39 is 0 Å². The van der Waals surface area contributed by atoms with Crippen LogP contribution in [0.15, 0.2) is 42.0 Å². The van der Waals surface area contributed by atoms with Crippen LogP contribution in [-0.2, 0) is 0 Å². The van der Waals surface area contributed by atoms with Crippen LogP contribution in [0.2, 0.25) is 0 Å². The normalized spacial score (nSPS) is 28.9. The van der Waals surface area contributed by atoms with Crippen molar-refractivity contribution < 1.29 is 0 Å². The molecule has 0 bridgehead atoms. The van der Waals surface area contributed by atoms with Gasteiger partial charge in [-0.25, -0.2) is 0 Å². The lowest BCUT2D eigenvalue weighted by Crippen LogP contribution is -2.18. The van der Waals surface area contributed by atoms with E-state index in [1.54, 1.807) is 0 Å². The number of rotatable bonds is 1. The summed E-state index contributed by atoms with van der Waals surface area (Å²) in [6.45, 7) is 2.12. The summed E-state index contributed by atoms with van der Waals surface area (Å²) in [6.07, 6.45) is 12.3. The van der Waals surface area contributed by atoms with Gasteiger partial charge in [-0.15, -0.1) is 0 Å². The van der Waals surface area contributed by atoms with Gasteiger partial charge < -0.3 is 0 Å². The van der Waals surface area contributed by atoms with Gasteiger partial charge in [-0.3, -0.25) is 0 Å². The lowest BCUT2D eigenvalue weighted by molar-refractivity contribution is 0.404. The Kier molecular flexibility index (Phi) is 3.54. The average Bonchev–Trinajstić information content (AvgIpc) is 2.83. The minimum absolute atomic E-state index is 0.278. The molecule has 19 heavy (non-hydrogen) atoms. The fourth-order valence-electron chi connectivity index (χ4n) is 3.57. The monoisotopic (exact) mass is 272 g/mol. The zero-order valence-electron chi connectivity index (χ0n) is 11.6. The van der Waals surface area contributed by atoms with Crippen LogP contribution in [0.4, 0.5) is 0 Å². The van der Waals surface area contributed by atoms with Crippen molar-refractivity contribution in [3.8, 4) is 0 Å². The molecule has 3 rings (SSSR count). The van der Waals surface area contributed by atoms with E-state index in [0.29, 0.717) is 0 Å². The lowest BCUT2D eigenvalue weighted by atomic mass is 9.74. The average molecular weight is 273 g/mol. The minimum atomic E-state index is 0.278. The minimum Gasteiger partial charge on any atom is -0.0877 e. The molecular formula is C18H21Cl. The summed E-state index contributed by atoms with van der Waals surface area (Å²) in [7, 11) is 0. The molecule has 0 heterocycles. The molecular weight excluding hydrogens is 252 g/mol. The second-order valence-electron chi connectivity index (χ2n) is 5.96. The molecule has 1 aromatic rings. The Hall–Kier alpha value is -1.01. The Morgan fingerprint density at radius 1 is 1.11 bits per heavy atom. The summed E-state index contributed by atoms with van der Waals surface area (Å²) in [4.78, 5) is 0. The van der Waals surface area contributed by atoms with Crippen molar-refractivity contribution in [1.29, 1.82) is 0 Å². The Morgan fingerprint density at radius 2 is 1.84 bits per heavy atom. The molecule has 2 aliphatic rings. The summed E-state index contributed by atoms with van der Waals surface area (Å²) in [6, 6.07) is 8.61. The molecule has 1 heteroatoms. The van der Waals surface area contributed by atoms with E-state index in [1.807, 2.05) is 0 Å². The first-order valence-corrected chi connectivity index (χ1v) is 7.73. The molecule has 0 aliphatic heterocycles. The standard InChI is InChI=1S/C18H21Cl/c1-14-7-9-15(10-8-14)17(19)16-6-5-13-18(16)11-3-2-4-12-18/h3,7-11H,2,4-6,12-13H2,1H3/b17-16+/t18-/m0/s1. The highest BCUT2D eigenvalue weighted by atomic mass is 35.5. The van der Waals surface area contributed by atoms with Gasteiger partial charge in [0, 0.05) is 10.4 Å². The smallest absolute Gasteiger partial charge is 0.0479 e. The number of aryl methyl sites for hydroxylation is 1. The maximum absolute atomic E-state index is 6.73. The van der Waals surface area contributed by atoms with Crippen molar-refractivity contribution in [3.63, 3.8) is 0 Å². The van der Waals surface area contributed by atoms with Gasteiger partial charge in [0.2, 0.25) is 0 Å². The molecule has 1 spiro atoms. The maximum Gasteiger partial charge on any atom is 0.0479 e. The van der Waals surface area contributed by atoms with Gasteiger partial charge in [0.1, 0.15) is 0 Å². The van der Waals surface area contributed by atoms with Crippen LogP contribution >= 0.6 is 11.6 Å². The molecule has 100 valence electrons. The molecule has 0 saturated heterocycles. The van der Waals surface area contributed by atoms with Crippen molar-refractivity contribution in [2.75, 3.05) is 0 Å². The topological polar surface area (TPSA) is 0 Å². The second kappa shape index (κ2) is 5.17. The van der Waals surface area contributed by atoms with Gasteiger partial charge in [-0.05, 0) is 56.6 Å². The van der Waals surface area contributed by atoms with Crippen molar-refractivity contribution >= 4 is 16.6 Å². The summed E-state index contributed by atoms with van der Waals surface area (Å²) in [5.74, 6) is 0. The van der Waals surface area contributed by atoms with Crippen LogP contribution in [0, 0.1) is 12.3 Å². The molecule has 0 nitrogen and oxygen atoms in total. The SMILES string of the molecule is Cc1ccc(/C(Cl)=C2/CCC[C@@]23C=CCCC3)cc1. The lowest BCUT2D eigenvalue weighted by Gasteiger charge is -2.31. The van der Waals surface area contributed by atoms with Crippen LogP contribution in [0.3, 0.4) is 0 Å². The van der Waals surface area contributed by atoms with Gasteiger partial charge >= 0.3 is 0 Å². The van der Waals surface area contributed by atoms with Crippen LogP contribution in [0.25, 0.3) is 5.03 Å².